The summed E-state index contributed by atoms with van der Waals surface area (Å²) in [4.78, 5) is 0. The van der Waals surface area contributed by atoms with Gasteiger partial charge in [-0.1, -0.05) is 13.8 Å². The molecular formula is C15H27N3. The maximum absolute atomic E-state index is 4.66. The molecule has 0 aromatic carbocycles. The highest BCUT2D eigenvalue weighted by Crippen LogP contribution is 2.51. The molecule has 2 rings (SSSR count). The van der Waals surface area contributed by atoms with E-state index in [9.17, 15) is 0 Å². The normalized spacial score (nSPS) is 18.9. The molecule has 1 fully saturated rings. The van der Waals surface area contributed by atoms with Crippen LogP contribution in [0.5, 0.6) is 0 Å². The van der Waals surface area contributed by atoms with Crippen molar-refractivity contribution in [1.82, 2.24) is 15.1 Å². The summed E-state index contributed by atoms with van der Waals surface area (Å²) in [7, 11) is 0. The number of aryl methyl sites for hydroxylation is 2. The summed E-state index contributed by atoms with van der Waals surface area (Å²) in [5, 5.41) is 8.26. The average Bonchev–Trinajstić information content (AvgIpc) is 3.04. The number of nitrogens with zero attached hydrogens (tertiary/aromatic N) is 2. The van der Waals surface area contributed by atoms with Crippen LogP contribution in [0.3, 0.4) is 0 Å². The molecule has 0 aliphatic heterocycles. The van der Waals surface area contributed by atoms with Gasteiger partial charge in [0.05, 0.1) is 5.69 Å². The molecule has 1 aliphatic carbocycles. The second-order valence-electron chi connectivity index (χ2n) is 5.61. The molecule has 1 heterocycles. The molecule has 1 aromatic heterocycles. The Morgan fingerprint density at radius 3 is 2.61 bits per heavy atom. The number of hydrogen-bond donors (Lipinski definition) is 1. The maximum Gasteiger partial charge on any atom is 0.0624 e. The first-order valence-electron chi connectivity index (χ1n) is 7.44. The van der Waals surface area contributed by atoms with Crippen molar-refractivity contribution in [3.8, 4) is 0 Å². The third kappa shape index (κ3) is 2.61. The zero-order valence-electron chi connectivity index (χ0n) is 12.3. The van der Waals surface area contributed by atoms with Gasteiger partial charge in [-0.15, -0.1) is 0 Å². The van der Waals surface area contributed by atoms with Gasteiger partial charge in [-0.3, -0.25) is 4.68 Å². The van der Waals surface area contributed by atoms with Gasteiger partial charge in [0.25, 0.3) is 0 Å². The first-order valence-corrected chi connectivity index (χ1v) is 7.44. The molecule has 0 amide bonds. The maximum atomic E-state index is 4.66. The van der Waals surface area contributed by atoms with Crippen molar-refractivity contribution in [2.45, 2.75) is 66.0 Å². The minimum atomic E-state index is 0.494. The third-order valence-corrected chi connectivity index (χ3v) is 4.43. The summed E-state index contributed by atoms with van der Waals surface area (Å²) in [6.07, 6.45) is 4.94. The van der Waals surface area contributed by atoms with Crippen LogP contribution in [0.1, 0.15) is 51.9 Å². The van der Waals surface area contributed by atoms with Crippen LogP contribution in [0.15, 0.2) is 6.07 Å². The zero-order valence-corrected chi connectivity index (χ0v) is 12.3. The van der Waals surface area contributed by atoms with E-state index in [1.54, 1.807) is 0 Å². The van der Waals surface area contributed by atoms with Gasteiger partial charge in [-0.2, -0.15) is 5.10 Å². The van der Waals surface area contributed by atoms with Crippen molar-refractivity contribution >= 4 is 0 Å². The first kappa shape index (κ1) is 13.6. The standard InChI is InChI=1S/C15H27N3/c1-5-13-10-14(18(7-3)17-13)11-15(8-9-15)12(4)16-6-2/h10,12,16H,5-9,11H2,1-4H3. The molecule has 3 heteroatoms. The second kappa shape index (κ2) is 5.43. The lowest BCUT2D eigenvalue weighted by atomic mass is 9.92. The minimum absolute atomic E-state index is 0.494. The molecule has 18 heavy (non-hydrogen) atoms. The van der Waals surface area contributed by atoms with Crippen LogP contribution in [0, 0.1) is 5.41 Å². The summed E-state index contributed by atoms with van der Waals surface area (Å²) in [5.41, 5.74) is 3.16. The number of rotatable bonds is 7. The lowest BCUT2D eigenvalue weighted by Crippen LogP contribution is -2.36. The lowest BCUT2D eigenvalue weighted by Gasteiger charge is -2.24. The van der Waals surface area contributed by atoms with E-state index in [-0.39, 0.29) is 0 Å². The smallest absolute Gasteiger partial charge is 0.0624 e. The molecule has 1 aromatic rings. The molecular weight excluding hydrogens is 222 g/mol. The van der Waals surface area contributed by atoms with Gasteiger partial charge in [0, 0.05) is 18.3 Å². The number of aromatic nitrogens is 2. The van der Waals surface area contributed by atoms with Crippen molar-refractivity contribution in [2.24, 2.45) is 5.41 Å². The van der Waals surface area contributed by atoms with Gasteiger partial charge in [-0.05, 0) is 57.6 Å². The molecule has 0 radical (unpaired) electrons. The Balaban J connectivity index is 2.11. The quantitative estimate of drug-likeness (QED) is 0.805. The first-order chi connectivity index (χ1) is 8.65. The van der Waals surface area contributed by atoms with Crippen LogP contribution in [0.2, 0.25) is 0 Å². The Bertz CT molecular complexity index is 390. The van der Waals surface area contributed by atoms with Crippen LogP contribution in [-0.4, -0.2) is 22.4 Å². The fourth-order valence-electron chi connectivity index (χ4n) is 2.91. The van der Waals surface area contributed by atoms with Gasteiger partial charge in [0.1, 0.15) is 0 Å². The summed E-state index contributed by atoms with van der Waals surface area (Å²) in [6.45, 7) is 10.9. The number of nitrogens with one attached hydrogen (secondary N) is 1. The van der Waals surface area contributed by atoms with E-state index in [4.69, 9.17) is 0 Å². The van der Waals surface area contributed by atoms with E-state index < -0.39 is 0 Å². The van der Waals surface area contributed by atoms with Crippen molar-refractivity contribution in [2.75, 3.05) is 6.54 Å². The Hall–Kier alpha value is -0.830. The van der Waals surface area contributed by atoms with Gasteiger partial charge in [0.2, 0.25) is 0 Å². The van der Waals surface area contributed by atoms with Crippen LogP contribution in [0.25, 0.3) is 0 Å². The van der Waals surface area contributed by atoms with Gasteiger partial charge >= 0.3 is 0 Å². The molecule has 1 N–H and O–H groups in total. The Kier molecular flexibility index (Phi) is 4.10. The fraction of sp³-hybridized carbons (Fsp3) is 0.800. The second-order valence-corrected chi connectivity index (χ2v) is 5.61. The third-order valence-electron chi connectivity index (χ3n) is 4.43. The molecule has 1 saturated carbocycles. The summed E-state index contributed by atoms with van der Waals surface area (Å²) >= 11 is 0. The Labute approximate surface area is 111 Å². The van der Waals surface area contributed by atoms with E-state index in [2.05, 4.69) is 48.9 Å². The average molecular weight is 249 g/mol. The van der Waals surface area contributed by atoms with E-state index in [0.29, 0.717) is 11.5 Å². The molecule has 3 nitrogen and oxygen atoms in total. The van der Waals surface area contributed by atoms with Crippen molar-refractivity contribution in [3.05, 3.63) is 17.5 Å². The van der Waals surface area contributed by atoms with Gasteiger partial charge in [0.15, 0.2) is 0 Å². The van der Waals surface area contributed by atoms with Crippen molar-refractivity contribution in [3.63, 3.8) is 0 Å². The van der Waals surface area contributed by atoms with Crippen LogP contribution in [-0.2, 0) is 19.4 Å². The summed E-state index contributed by atoms with van der Waals surface area (Å²) in [6, 6.07) is 2.93. The summed E-state index contributed by atoms with van der Waals surface area (Å²) in [5.74, 6) is 0. The molecule has 1 atom stereocenters. The van der Waals surface area contributed by atoms with Crippen molar-refractivity contribution < 1.29 is 0 Å². The van der Waals surface area contributed by atoms with Crippen LogP contribution in [0.4, 0.5) is 0 Å². The highest BCUT2D eigenvalue weighted by molar-refractivity contribution is 5.16. The van der Waals surface area contributed by atoms with E-state index in [0.717, 1.165) is 19.5 Å². The minimum Gasteiger partial charge on any atom is -0.314 e. The van der Waals surface area contributed by atoms with E-state index in [1.807, 2.05) is 0 Å². The summed E-state index contributed by atoms with van der Waals surface area (Å²) < 4.78 is 2.19. The predicted molar refractivity (Wildman–Crippen MR) is 75.8 cm³/mol. The van der Waals surface area contributed by atoms with E-state index >= 15 is 0 Å². The van der Waals surface area contributed by atoms with Gasteiger partial charge in [-0.25, -0.2) is 0 Å². The molecule has 1 unspecified atom stereocenters. The molecule has 1 aliphatic rings. The lowest BCUT2D eigenvalue weighted by molar-refractivity contribution is 0.347. The highest BCUT2D eigenvalue weighted by Gasteiger charge is 2.47. The monoisotopic (exact) mass is 249 g/mol. The molecule has 0 saturated heterocycles. The topological polar surface area (TPSA) is 29.9 Å². The molecule has 102 valence electrons. The molecule has 0 spiro atoms. The SMILES string of the molecule is CCNC(C)C1(Cc2cc(CC)nn2CC)CC1. The Morgan fingerprint density at radius 2 is 2.11 bits per heavy atom. The van der Waals surface area contributed by atoms with Crippen molar-refractivity contribution in [1.29, 1.82) is 0 Å². The largest absolute Gasteiger partial charge is 0.314 e. The van der Waals surface area contributed by atoms with Gasteiger partial charge < -0.3 is 5.32 Å². The number of hydrogen-bond acceptors (Lipinski definition) is 2. The predicted octanol–water partition coefficient (Wildman–Crippen LogP) is 2.79. The van der Waals surface area contributed by atoms with Crippen LogP contribution >= 0.6 is 0 Å². The zero-order chi connectivity index (χ0) is 13.2. The van der Waals surface area contributed by atoms with E-state index in [1.165, 1.54) is 30.7 Å². The van der Waals surface area contributed by atoms with Crippen LogP contribution < -0.4 is 5.32 Å². The Morgan fingerprint density at radius 1 is 1.39 bits per heavy atom. The highest BCUT2D eigenvalue weighted by atomic mass is 15.3. The fourth-order valence-corrected chi connectivity index (χ4v) is 2.91. The molecule has 0 bridgehead atoms.